The van der Waals surface area contributed by atoms with E-state index in [0.29, 0.717) is 42.0 Å². The molecule has 1 aliphatic heterocycles. The van der Waals surface area contributed by atoms with Crippen molar-refractivity contribution in [3.63, 3.8) is 0 Å². The van der Waals surface area contributed by atoms with Crippen molar-refractivity contribution in [3.05, 3.63) is 119 Å². The van der Waals surface area contributed by atoms with Crippen LogP contribution in [0.2, 0.25) is 0 Å². The zero-order valence-corrected chi connectivity index (χ0v) is 22.3. The number of ketones is 1. The molecule has 0 aromatic heterocycles. The van der Waals surface area contributed by atoms with E-state index in [1.54, 1.807) is 0 Å². The molecule has 0 saturated carbocycles. The van der Waals surface area contributed by atoms with E-state index in [4.69, 9.17) is 14.2 Å². The first-order chi connectivity index (χ1) is 19.0. The van der Waals surface area contributed by atoms with Gasteiger partial charge in [-0.05, 0) is 61.6 Å². The maximum Gasteiger partial charge on any atom is 0.336 e. The number of carbonyl (C=O) groups excluding carboxylic acids is 2. The summed E-state index contributed by atoms with van der Waals surface area (Å²) in [4.78, 5) is 27.2. The number of esters is 1. The van der Waals surface area contributed by atoms with Crippen LogP contribution in [0.1, 0.15) is 49.7 Å². The van der Waals surface area contributed by atoms with E-state index in [9.17, 15) is 9.59 Å². The second-order valence-corrected chi connectivity index (χ2v) is 9.73. The number of ether oxygens (including phenoxy) is 3. The molecule has 2 atom stereocenters. The molecule has 39 heavy (non-hydrogen) atoms. The van der Waals surface area contributed by atoms with Crippen molar-refractivity contribution in [3.8, 4) is 11.5 Å². The number of benzene rings is 3. The van der Waals surface area contributed by atoms with Crippen LogP contribution in [0.3, 0.4) is 0 Å². The minimum absolute atomic E-state index is 0.0432. The molecule has 0 fully saturated rings. The summed E-state index contributed by atoms with van der Waals surface area (Å²) in [5.41, 5.74) is 4.66. The number of rotatable bonds is 9. The molecule has 0 radical (unpaired) electrons. The average Bonchev–Trinajstić information content (AvgIpc) is 2.96. The first kappa shape index (κ1) is 26.3. The number of allylic oxidation sites excluding steroid dienone is 3. The summed E-state index contributed by atoms with van der Waals surface area (Å²) in [6.45, 7) is 4.69. The second kappa shape index (κ2) is 12.0. The Balaban J connectivity index is 1.42. The largest absolute Gasteiger partial charge is 0.494 e. The van der Waals surface area contributed by atoms with Gasteiger partial charge in [-0.1, -0.05) is 60.7 Å². The fourth-order valence-corrected chi connectivity index (χ4v) is 5.42. The summed E-state index contributed by atoms with van der Waals surface area (Å²) in [6.07, 6.45) is 1.09. The van der Waals surface area contributed by atoms with Crippen molar-refractivity contribution in [2.75, 3.05) is 19.8 Å². The van der Waals surface area contributed by atoms with Crippen molar-refractivity contribution in [1.29, 1.82) is 0 Å². The molecule has 1 heterocycles. The van der Waals surface area contributed by atoms with Crippen LogP contribution in [-0.4, -0.2) is 31.6 Å². The van der Waals surface area contributed by atoms with Gasteiger partial charge in [-0.15, -0.1) is 0 Å². The van der Waals surface area contributed by atoms with E-state index in [1.807, 2.05) is 86.6 Å². The highest BCUT2D eigenvalue weighted by molar-refractivity contribution is 6.04. The van der Waals surface area contributed by atoms with Crippen LogP contribution in [0.25, 0.3) is 0 Å². The fourth-order valence-electron chi connectivity index (χ4n) is 5.42. The molecule has 0 saturated heterocycles. The topological polar surface area (TPSA) is 73.9 Å². The number of Topliss-reactive ketones (excluding diaryl/α,β-unsaturated/α-hetero) is 1. The smallest absolute Gasteiger partial charge is 0.336 e. The Morgan fingerprint density at radius 1 is 0.821 bits per heavy atom. The van der Waals surface area contributed by atoms with Crippen LogP contribution < -0.4 is 14.8 Å². The van der Waals surface area contributed by atoms with Gasteiger partial charge < -0.3 is 19.5 Å². The molecule has 1 N–H and O–H groups in total. The van der Waals surface area contributed by atoms with E-state index in [0.717, 1.165) is 22.6 Å². The third-order valence-electron chi connectivity index (χ3n) is 7.17. The van der Waals surface area contributed by atoms with Gasteiger partial charge in [0, 0.05) is 29.3 Å². The number of dihydropyridines is 1. The Kier molecular flexibility index (Phi) is 8.11. The van der Waals surface area contributed by atoms with Gasteiger partial charge in [-0.25, -0.2) is 4.79 Å². The molecule has 6 heteroatoms. The van der Waals surface area contributed by atoms with Crippen molar-refractivity contribution >= 4 is 11.8 Å². The SMILES string of the molecule is CCOc1ccc([C@H]2C(C(=O)OCCOc3ccccc3)=C(C)NC3=C2C(=O)C[C@@H](c2ccccc2)C3)cc1. The van der Waals surface area contributed by atoms with E-state index >= 15 is 0 Å². The minimum atomic E-state index is -0.524. The molecule has 3 aromatic carbocycles. The molecule has 6 nitrogen and oxygen atoms in total. The van der Waals surface area contributed by atoms with Gasteiger partial charge in [-0.2, -0.15) is 0 Å². The van der Waals surface area contributed by atoms with Crippen LogP contribution >= 0.6 is 0 Å². The van der Waals surface area contributed by atoms with Gasteiger partial charge in [0.05, 0.1) is 12.2 Å². The number of para-hydroxylation sites is 1. The predicted octanol–water partition coefficient (Wildman–Crippen LogP) is 6.07. The van der Waals surface area contributed by atoms with Crippen molar-refractivity contribution in [2.45, 2.75) is 38.5 Å². The first-order valence-electron chi connectivity index (χ1n) is 13.4. The normalized spacial score (nSPS) is 18.8. The van der Waals surface area contributed by atoms with Crippen molar-refractivity contribution in [2.24, 2.45) is 0 Å². The van der Waals surface area contributed by atoms with Crippen molar-refractivity contribution < 1.29 is 23.8 Å². The van der Waals surface area contributed by atoms with Crippen LogP contribution in [0.4, 0.5) is 0 Å². The quantitative estimate of drug-likeness (QED) is 0.271. The molecule has 0 bridgehead atoms. The van der Waals surface area contributed by atoms with Crippen LogP contribution in [-0.2, 0) is 14.3 Å². The van der Waals surface area contributed by atoms with E-state index < -0.39 is 11.9 Å². The van der Waals surface area contributed by atoms with Gasteiger partial charge in [0.15, 0.2) is 5.78 Å². The molecule has 2 aliphatic rings. The highest BCUT2D eigenvalue weighted by atomic mass is 16.6. The molecule has 200 valence electrons. The Morgan fingerprint density at radius 2 is 1.49 bits per heavy atom. The average molecular weight is 524 g/mol. The van der Waals surface area contributed by atoms with Gasteiger partial charge in [0.1, 0.15) is 24.7 Å². The minimum Gasteiger partial charge on any atom is -0.494 e. The fraction of sp³-hybridized carbons (Fsp3) is 0.273. The summed E-state index contributed by atoms with van der Waals surface area (Å²) in [5.74, 6) is 0.602. The standard InChI is InChI=1S/C33H33NO5/c1-3-37-27-16-14-24(15-17-27)31-30(33(36)39-19-18-38-26-12-8-5-9-13-26)22(2)34-28-20-25(21-29(35)32(28)31)23-10-6-4-7-11-23/h4-17,25,31,34H,3,18-21H2,1-2H3/t25-,31-/m0/s1. The monoisotopic (exact) mass is 523 g/mol. The molecular weight excluding hydrogens is 490 g/mol. The number of hydrogen-bond acceptors (Lipinski definition) is 6. The molecular formula is C33H33NO5. The Hall–Kier alpha value is -4.32. The second-order valence-electron chi connectivity index (χ2n) is 9.73. The Labute approximate surface area is 229 Å². The summed E-state index contributed by atoms with van der Waals surface area (Å²) in [7, 11) is 0. The lowest BCUT2D eigenvalue weighted by Gasteiger charge is -2.36. The number of hydrogen-bond donors (Lipinski definition) is 1. The molecule has 0 spiro atoms. The molecule has 5 rings (SSSR count). The van der Waals surface area contributed by atoms with E-state index in [2.05, 4.69) is 17.4 Å². The van der Waals surface area contributed by atoms with Gasteiger partial charge >= 0.3 is 5.97 Å². The summed E-state index contributed by atoms with van der Waals surface area (Å²) >= 11 is 0. The van der Waals surface area contributed by atoms with E-state index in [1.165, 1.54) is 0 Å². The number of nitrogens with one attached hydrogen (secondary N) is 1. The zero-order chi connectivity index (χ0) is 27.2. The molecule has 0 amide bonds. The van der Waals surface area contributed by atoms with Crippen LogP contribution in [0, 0.1) is 0 Å². The molecule has 3 aromatic rings. The first-order valence-corrected chi connectivity index (χ1v) is 13.4. The van der Waals surface area contributed by atoms with Crippen molar-refractivity contribution in [1.82, 2.24) is 5.32 Å². The molecule has 0 unspecified atom stereocenters. The lowest BCUT2D eigenvalue weighted by molar-refractivity contribution is -0.140. The van der Waals surface area contributed by atoms with Crippen LogP contribution in [0.5, 0.6) is 11.5 Å². The number of carbonyl (C=O) groups is 2. The lowest BCUT2D eigenvalue weighted by Crippen LogP contribution is -2.36. The third kappa shape index (κ3) is 5.90. The summed E-state index contributed by atoms with van der Waals surface area (Å²) in [5, 5.41) is 3.41. The highest BCUT2D eigenvalue weighted by Crippen LogP contribution is 2.45. The maximum atomic E-state index is 13.7. The summed E-state index contributed by atoms with van der Waals surface area (Å²) < 4.78 is 17.0. The van der Waals surface area contributed by atoms with Gasteiger partial charge in [0.2, 0.25) is 0 Å². The highest BCUT2D eigenvalue weighted by Gasteiger charge is 2.41. The summed E-state index contributed by atoms with van der Waals surface area (Å²) in [6, 6.07) is 27.1. The Bertz CT molecular complexity index is 1380. The lowest BCUT2D eigenvalue weighted by atomic mass is 9.72. The third-order valence-corrected chi connectivity index (χ3v) is 7.17. The zero-order valence-electron chi connectivity index (χ0n) is 22.3. The molecule has 1 aliphatic carbocycles. The van der Waals surface area contributed by atoms with Gasteiger partial charge in [-0.3, -0.25) is 4.79 Å². The Morgan fingerprint density at radius 3 is 2.18 bits per heavy atom. The predicted molar refractivity (Wildman–Crippen MR) is 150 cm³/mol. The van der Waals surface area contributed by atoms with E-state index in [-0.39, 0.29) is 24.9 Å². The van der Waals surface area contributed by atoms with Crippen LogP contribution in [0.15, 0.2) is 107 Å². The van der Waals surface area contributed by atoms with Gasteiger partial charge in [0.25, 0.3) is 0 Å². The maximum absolute atomic E-state index is 13.7.